The molecule has 2 N–H and O–H groups in total. The number of benzene rings is 1. The lowest BCUT2D eigenvalue weighted by Gasteiger charge is -2.12. The first kappa shape index (κ1) is 16.7. The van der Waals surface area contributed by atoms with Crippen LogP contribution in [-0.4, -0.2) is 35.1 Å². The van der Waals surface area contributed by atoms with Crippen molar-refractivity contribution in [3.05, 3.63) is 46.7 Å². The van der Waals surface area contributed by atoms with E-state index in [1.165, 1.54) is 0 Å². The SMILES string of the molecule is Cc1cc(C(=O)Nc2ccccc2Cl)nc(NCC2CCCO2)n1. The Morgan fingerprint density at radius 2 is 2.21 bits per heavy atom. The fourth-order valence-electron chi connectivity index (χ4n) is 2.52. The summed E-state index contributed by atoms with van der Waals surface area (Å²) in [6.45, 7) is 3.26. The number of halogens is 1. The molecule has 1 aliphatic rings. The van der Waals surface area contributed by atoms with E-state index < -0.39 is 0 Å². The van der Waals surface area contributed by atoms with Crippen LogP contribution in [0.25, 0.3) is 0 Å². The quantitative estimate of drug-likeness (QED) is 0.868. The molecular weight excluding hydrogens is 328 g/mol. The molecule has 0 saturated carbocycles. The maximum atomic E-state index is 12.4. The molecule has 3 rings (SSSR count). The standard InChI is InChI=1S/C17H19ClN4O2/c1-11-9-15(16(23)21-14-7-3-2-6-13(14)18)22-17(20-11)19-10-12-5-4-8-24-12/h2-3,6-7,9,12H,4-5,8,10H2,1H3,(H,21,23)(H,19,20,22). The number of nitrogens with one attached hydrogen (secondary N) is 2. The van der Waals surface area contributed by atoms with E-state index in [1.807, 2.05) is 6.92 Å². The van der Waals surface area contributed by atoms with Gasteiger partial charge in [-0.3, -0.25) is 4.79 Å². The molecule has 6 nitrogen and oxygen atoms in total. The van der Waals surface area contributed by atoms with Crippen molar-refractivity contribution in [1.29, 1.82) is 0 Å². The minimum atomic E-state index is -0.325. The molecule has 0 radical (unpaired) electrons. The van der Waals surface area contributed by atoms with Gasteiger partial charge < -0.3 is 15.4 Å². The van der Waals surface area contributed by atoms with Crippen molar-refractivity contribution in [3.63, 3.8) is 0 Å². The molecule has 24 heavy (non-hydrogen) atoms. The number of amides is 1. The summed E-state index contributed by atoms with van der Waals surface area (Å²) >= 11 is 6.07. The van der Waals surface area contributed by atoms with Crippen LogP contribution < -0.4 is 10.6 Å². The van der Waals surface area contributed by atoms with Crippen LogP contribution in [0.5, 0.6) is 0 Å². The molecule has 1 unspecified atom stereocenters. The van der Waals surface area contributed by atoms with Gasteiger partial charge in [0.05, 0.1) is 16.8 Å². The first-order chi connectivity index (χ1) is 11.6. The summed E-state index contributed by atoms with van der Waals surface area (Å²) in [7, 11) is 0. The summed E-state index contributed by atoms with van der Waals surface area (Å²) in [5.41, 5.74) is 1.55. The number of para-hydroxylation sites is 1. The van der Waals surface area contributed by atoms with Crippen molar-refractivity contribution < 1.29 is 9.53 Å². The van der Waals surface area contributed by atoms with Crippen LogP contribution in [0.4, 0.5) is 11.6 Å². The van der Waals surface area contributed by atoms with Crippen LogP contribution >= 0.6 is 11.6 Å². The number of aryl methyl sites for hydroxylation is 1. The van der Waals surface area contributed by atoms with Crippen LogP contribution in [-0.2, 0) is 4.74 Å². The number of hydrogen-bond acceptors (Lipinski definition) is 5. The van der Waals surface area contributed by atoms with Gasteiger partial charge in [-0.15, -0.1) is 0 Å². The van der Waals surface area contributed by atoms with Crippen LogP contribution in [0, 0.1) is 6.92 Å². The summed E-state index contributed by atoms with van der Waals surface area (Å²) in [6.07, 6.45) is 2.28. The molecule has 2 heterocycles. The van der Waals surface area contributed by atoms with Crippen LogP contribution in [0.2, 0.25) is 5.02 Å². The predicted molar refractivity (Wildman–Crippen MR) is 93.6 cm³/mol. The van der Waals surface area contributed by atoms with E-state index in [0.29, 0.717) is 28.9 Å². The molecule has 126 valence electrons. The second-order valence-corrected chi connectivity index (χ2v) is 6.08. The Bertz CT molecular complexity index is 732. The van der Waals surface area contributed by atoms with Gasteiger partial charge in [0.2, 0.25) is 5.95 Å². The van der Waals surface area contributed by atoms with E-state index in [2.05, 4.69) is 20.6 Å². The minimum absolute atomic E-state index is 0.175. The van der Waals surface area contributed by atoms with E-state index in [4.69, 9.17) is 16.3 Å². The van der Waals surface area contributed by atoms with Gasteiger partial charge in [-0.05, 0) is 38.0 Å². The maximum absolute atomic E-state index is 12.4. The molecule has 1 atom stereocenters. The molecular formula is C17H19ClN4O2. The number of hydrogen-bond donors (Lipinski definition) is 2. The van der Waals surface area contributed by atoms with Gasteiger partial charge in [-0.25, -0.2) is 9.97 Å². The lowest BCUT2D eigenvalue weighted by atomic mass is 10.2. The van der Waals surface area contributed by atoms with Gasteiger partial charge in [-0.1, -0.05) is 23.7 Å². The topological polar surface area (TPSA) is 76.1 Å². The largest absolute Gasteiger partial charge is 0.376 e. The molecule has 7 heteroatoms. The third-order valence-electron chi connectivity index (χ3n) is 3.72. The lowest BCUT2D eigenvalue weighted by molar-refractivity contribution is 0.102. The fraction of sp³-hybridized carbons (Fsp3) is 0.353. The second-order valence-electron chi connectivity index (χ2n) is 5.67. The molecule has 0 aliphatic carbocycles. The third-order valence-corrected chi connectivity index (χ3v) is 4.05. The molecule has 2 aromatic rings. The molecule has 0 spiro atoms. The number of rotatable bonds is 5. The first-order valence-corrected chi connectivity index (χ1v) is 8.26. The Morgan fingerprint density at radius 3 is 2.96 bits per heavy atom. The Labute approximate surface area is 145 Å². The number of ether oxygens (including phenoxy) is 1. The van der Waals surface area contributed by atoms with E-state index in [9.17, 15) is 4.79 Å². The number of carbonyl (C=O) groups excluding carboxylic acids is 1. The monoisotopic (exact) mass is 346 g/mol. The molecule has 0 bridgehead atoms. The Hall–Kier alpha value is -2.18. The molecule has 1 aromatic heterocycles. The zero-order valence-corrected chi connectivity index (χ0v) is 14.1. The maximum Gasteiger partial charge on any atom is 0.274 e. The van der Waals surface area contributed by atoms with E-state index in [1.54, 1.807) is 30.3 Å². The zero-order valence-electron chi connectivity index (χ0n) is 13.4. The first-order valence-electron chi connectivity index (χ1n) is 7.89. The molecule has 1 fully saturated rings. The van der Waals surface area contributed by atoms with Gasteiger partial charge in [0.15, 0.2) is 0 Å². The van der Waals surface area contributed by atoms with Crippen molar-refractivity contribution in [3.8, 4) is 0 Å². The Balaban J connectivity index is 1.70. The van der Waals surface area contributed by atoms with Crippen molar-refractivity contribution in [2.75, 3.05) is 23.8 Å². The normalized spacial score (nSPS) is 16.8. The van der Waals surface area contributed by atoms with Crippen LogP contribution in [0.15, 0.2) is 30.3 Å². The molecule has 1 aromatic carbocycles. The Kier molecular flexibility index (Phi) is 5.27. The summed E-state index contributed by atoms with van der Waals surface area (Å²) in [5.74, 6) is 0.101. The van der Waals surface area contributed by atoms with Crippen molar-refractivity contribution in [1.82, 2.24) is 9.97 Å². The van der Waals surface area contributed by atoms with Gasteiger partial charge in [0.25, 0.3) is 5.91 Å². The molecule has 1 saturated heterocycles. The average molecular weight is 347 g/mol. The summed E-state index contributed by atoms with van der Waals surface area (Å²) in [4.78, 5) is 21.0. The smallest absolute Gasteiger partial charge is 0.274 e. The zero-order chi connectivity index (χ0) is 16.9. The van der Waals surface area contributed by atoms with Gasteiger partial charge in [0.1, 0.15) is 5.69 Å². The number of aromatic nitrogens is 2. The summed E-state index contributed by atoms with van der Waals surface area (Å²) < 4.78 is 5.56. The second kappa shape index (κ2) is 7.59. The van der Waals surface area contributed by atoms with E-state index >= 15 is 0 Å². The van der Waals surface area contributed by atoms with Gasteiger partial charge in [0, 0.05) is 18.8 Å². The number of anilines is 2. The highest BCUT2D eigenvalue weighted by atomic mass is 35.5. The summed E-state index contributed by atoms with van der Waals surface area (Å²) in [6, 6.07) is 8.71. The van der Waals surface area contributed by atoms with E-state index in [0.717, 1.165) is 19.4 Å². The van der Waals surface area contributed by atoms with Crippen molar-refractivity contribution >= 4 is 29.1 Å². The third kappa shape index (κ3) is 4.21. The molecule has 1 aliphatic heterocycles. The fourth-order valence-corrected chi connectivity index (χ4v) is 2.71. The average Bonchev–Trinajstić information content (AvgIpc) is 3.08. The van der Waals surface area contributed by atoms with Crippen LogP contribution in [0.1, 0.15) is 29.0 Å². The molecule has 1 amide bonds. The van der Waals surface area contributed by atoms with E-state index in [-0.39, 0.29) is 17.7 Å². The highest BCUT2D eigenvalue weighted by molar-refractivity contribution is 6.33. The minimum Gasteiger partial charge on any atom is -0.376 e. The number of carbonyl (C=O) groups is 1. The predicted octanol–water partition coefficient (Wildman–Crippen LogP) is 3.28. The highest BCUT2D eigenvalue weighted by Gasteiger charge is 2.17. The lowest BCUT2D eigenvalue weighted by Crippen LogP contribution is -2.21. The van der Waals surface area contributed by atoms with Gasteiger partial charge >= 0.3 is 0 Å². The highest BCUT2D eigenvalue weighted by Crippen LogP contribution is 2.21. The van der Waals surface area contributed by atoms with Crippen molar-refractivity contribution in [2.45, 2.75) is 25.9 Å². The number of nitrogens with zero attached hydrogens (tertiary/aromatic N) is 2. The van der Waals surface area contributed by atoms with Crippen LogP contribution in [0.3, 0.4) is 0 Å². The summed E-state index contributed by atoms with van der Waals surface area (Å²) in [5, 5.41) is 6.39. The van der Waals surface area contributed by atoms with Crippen molar-refractivity contribution in [2.24, 2.45) is 0 Å². The van der Waals surface area contributed by atoms with Gasteiger partial charge in [-0.2, -0.15) is 0 Å². The Morgan fingerprint density at radius 1 is 1.38 bits per heavy atom.